The van der Waals surface area contributed by atoms with Gasteiger partial charge in [0.1, 0.15) is 5.82 Å². The minimum absolute atomic E-state index is 0.114. The molecule has 18 heavy (non-hydrogen) atoms. The quantitative estimate of drug-likeness (QED) is 0.895. The highest BCUT2D eigenvalue weighted by molar-refractivity contribution is 6.30. The molecule has 1 fully saturated rings. The highest BCUT2D eigenvalue weighted by Crippen LogP contribution is 2.28. The third kappa shape index (κ3) is 3.02. The number of nitrogens with two attached hydrogens (primary N) is 1. The van der Waals surface area contributed by atoms with Crippen molar-refractivity contribution in [1.29, 1.82) is 0 Å². The second-order valence-electron chi connectivity index (χ2n) is 5.84. The largest absolute Gasteiger partial charge is 0.327 e. The van der Waals surface area contributed by atoms with Crippen molar-refractivity contribution >= 4 is 11.6 Å². The molecule has 2 nitrogen and oxygen atoms in total. The standard InChI is InChI=1S/C14H20ClFN2/c1-14(2)9-18(6-5-13(14)17)8-10-3-4-11(15)12(16)7-10/h3-4,7,13H,5-6,8-9,17H2,1-2H3. The van der Waals surface area contributed by atoms with Crippen molar-refractivity contribution in [3.8, 4) is 0 Å². The monoisotopic (exact) mass is 270 g/mol. The lowest BCUT2D eigenvalue weighted by Crippen LogP contribution is -2.52. The van der Waals surface area contributed by atoms with Gasteiger partial charge >= 0.3 is 0 Å². The van der Waals surface area contributed by atoms with Gasteiger partial charge in [0.15, 0.2) is 0 Å². The topological polar surface area (TPSA) is 29.3 Å². The Labute approximate surface area is 113 Å². The van der Waals surface area contributed by atoms with E-state index in [1.165, 1.54) is 6.07 Å². The van der Waals surface area contributed by atoms with E-state index in [1.807, 2.05) is 6.07 Å². The number of hydrogen-bond acceptors (Lipinski definition) is 2. The summed E-state index contributed by atoms with van der Waals surface area (Å²) in [6.07, 6.45) is 0.989. The smallest absolute Gasteiger partial charge is 0.142 e. The van der Waals surface area contributed by atoms with E-state index in [1.54, 1.807) is 6.07 Å². The zero-order valence-electron chi connectivity index (χ0n) is 10.9. The first kappa shape index (κ1) is 13.8. The Morgan fingerprint density at radius 3 is 2.83 bits per heavy atom. The van der Waals surface area contributed by atoms with E-state index in [2.05, 4.69) is 18.7 Å². The van der Waals surface area contributed by atoms with Gasteiger partial charge in [-0.15, -0.1) is 0 Å². The van der Waals surface area contributed by atoms with Gasteiger partial charge in [-0.2, -0.15) is 0 Å². The van der Waals surface area contributed by atoms with Crippen LogP contribution in [0.15, 0.2) is 18.2 Å². The number of likely N-dealkylation sites (tertiary alicyclic amines) is 1. The lowest BCUT2D eigenvalue weighted by Gasteiger charge is -2.42. The minimum atomic E-state index is -0.345. The maximum Gasteiger partial charge on any atom is 0.142 e. The fourth-order valence-electron chi connectivity index (χ4n) is 2.52. The predicted octanol–water partition coefficient (Wildman–Crippen LogP) is 3.04. The molecule has 0 spiro atoms. The molecule has 1 unspecified atom stereocenters. The van der Waals surface area contributed by atoms with E-state index in [9.17, 15) is 4.39 Å². The van der Waals surface area contributed by atoms with E-state index < -0.39 is 0 Å². The molecule has 0 bridgehead atoms. The molecular weight excluding hydrogens is 251 g/mol. The molecule has 0 saturated carbocycles. The van der Waals surface area contributed by atoms with Crippen molar-refractivity contribution in [3.63, 3.8) is 0 Å². The Hall–Kier alpha value is -0.640. The molecule has 1 aliphatic heterocycles. The number of hydrogen-bond donors (Lipinski definition) is 1. The molecule has 1 aromatic carbocycles. The van der Waals surface area contributed by atoms with Crippen LogP contribution in [0, 0.1) is 11.2 Å². The van der Waals surface area contributed by atoms with Crippen LogP contribution < -0.4 is 5.73 Å². The molecule has 4 heteroatoms. The Bertz CT molecular complexity index is 434. The van der Waals surface area contributed by atoms with E-state index in [0.717, 1.165) is 31.6 Å². The highest BCUT2D eigenvalue weighted by Gasteiger charge is 2.33. The maximum atomic E-state index is 13.4. The zero-order chi connectivity index (χ0) is 13.3. The molecule has 1 atom stereocenters. The van der Waals surface area contributed by atoms with Crippen molar-refractivity contribution in [2.75, 3.05) is 13.1 Å². The van der Waals surface area contributed by atoms with Crippen LogP contribution in [-0.2, 0) is 6.54 Å². The summed E-state index contributed by atoms with van der Waals surface area (Å²) in [5, 5.41) is 0.180. The highest BCUT2D eigenvalue weighted by atomic mass is 35.5. The molecule has 1 heterocycles. The summed E-state index contributed by atoms with van der Waals surface area (Å²) in [4.78, 5) is 2.33. The normalized spacial score (nSPS) is 24.2. The van der Waals surface area contributed by atoms with Crippen LogP contribution in [0.3, 0.4) is 0 Å². The van der Waals surface area contributed by atoms with Gasteiger partial charge in [0.25, 0.3) is 0 Å². The minimum Gasteiger partial charge on any atom is -0.327 e. The Morgan fingerprint density at radius 2 is 2.22 bits per heavy atom. The number of benzene rings is 1. The fraction of sp³-hybridized carbons (Fsp3) is 0.571. The Morgan fingerprint density at radius 1 is 1.50 bits per heavy atom. The Balaban J connectivity index is 2.04. The van der Waals surface area contributed by atoms with Crippen molar-refractivity contribution in [3.05, 3.63) is 34.6 Å². The van der Waals surface area contributed by atoms with Gasteiger partial charge in [-0.25, -0.2) is 4.39 Å². The van der Waals surface area contributed by atoms with Crippen molar-refractivity contribution in [1.82, 2.24) is 4.90 Å². The molecule has 1 aromatic rings. The molecule has 1 aliphatic rings. The average Bonchev–Trinajstić information content (AvgIpc) is 2.28. The van der Waals surface area contributed by atoms with Gasteiger partial charge in [-0.05, 0) is 29.5 Å². The van der Waals surface area contributed by atoms with E-state index in [0.29, 0.717) is 0 Å². The number of nitrogens with zero attached hydrogens (tertiary/aromatic N) is 1. The van der Waals surface area contributed by atoms with Crippen LogP contribution in [0.5, 0.6) is 0 Å². The van der Waals surface area contributed by atoms with Gasteiger partial charge in [-0.1, -0.05) is 31.5 Å². The second kappa shape index (κ2) is 5.16. The third-order valence-corrected chi connectivity index (χ3v) is 4.09. The summed E-state index contributed by atoms with van der Waals surface area (Å²) < 4.78 is 13.4. The van der Waals surface area contributed by atoms with Gasteiger partial charge in [0, 0.05) is 25.7 Å². The number of piperidine rings is 1. The summed E-state index contributed by atoms with van der Waals surface area (Å²) in [5.41, 5.74) is 7.18. The first-order chi connectivity index (χ1) is 8.38. The lowest BCUT2D eigenvalue weighted by atomic mass is 9.79. The maximum absolute atomic E-state index is 13.4. The van der Waals surface area contributed by atoms with Crippen LogP contribution in [0.1, 0.15) is 25.8 Å². The summed E-state index contributed by atoms with van der Waals surface area (Å²) in [6, 6.07) is 5.26. The van der Waals surface area contributed by atoms with Crippen molar-refractivity contribution in [2.24, 2.45) is 11.1 Å². The average molecular weight is 271 g/mol. The molecule has 0 aliphatic carbocycles. The summed E-state index contributed by atoms with van der Waals surface area (Å²) in [5.74, 6) is -0.345. The van der Waals surface area contributed by atoms with Crippen LogP contribution in [0.2, 0.25) is 5.02 Å². The summed E-state index contributed by atoms with van der Waals surface area (Å²) >= 11 is 5.68. The van der Waals surface area contributed by atoms with Gasteiger partial charge < -0.3 is 5.73 Å². The Kier molecular flexibility index (Phi) is 3.95. The molecule has 1 saturated heterocycles. The van der Waals surface area contributed by atoms with Crippen LogP contribution in [0.25, 0.3) is 0 Å². The summed E-state index contributed by atoms with van der Waals surface area (Å²) in [7, 11) is 0. The van der Waals surface area contributed by atoms with Gasteiger partial charge in [0.05, 0.1) is 5.02 Å². The third-order valence-electron chi connectivity index (χ3n) is 3.78. The molecule has 2 N–H and O–H groups in total. The van der Waals surface area contributed by atoms with Crippen molar-refractivity contribution in [2.45, 2.75) is 32.9 Å². The molecular formula is C14H20ClFN2. The van der Waals surface area contributed by atoms with Gasteiger partial charge in [-0.3, -0.25) is 4.90 Å². The van der Waals surface area contributed by atoms with Crippen LogP contribution in [-0.4, -0.2) is 24.0 Å². The van der Waals surface area contributed by atoms with E-state index in [-0.39, 0.29) is 22.3 Å². The molecule has 0 aromatic heterocycles. The second-order valence-corrected chi connectivity index (χ2v) is 6.25. The van der Waals surface area contributed by atoms with Crippen LogP contribution >= 0.6 is 11.6 Å². The van der Waals surface area contributed by atoms with E-state index in [4.69, 9.17) is 17.3 Å². The number of rotatable bonds is 2. The van der Waals surface area contributed by atoms with E-state index >= 15 is 0 Å². The first-order valence-electron chi connectivity index (χ1n) is 6.30. The summed E-state index contributed by atoms with van der Waals surface area (Å²) in [6.45, 7) is 7.04. The molecule has 100 valence electrons. The SMILES string of the molecule is CC1(C)CN(Cc2ccc(Cl)c(F)c2)CCC1N. The lowest BCUT2D eigenvalue weighted by molar-refractivity contribution is 0.0898. The molecule has 2 rings (SSSR count). The predicted molar refractivity (Wildman–Crippen MR) is 73.1 cm³/mol. The fourth-order valence-corrected chi connectivity index (χ4v) is 2.63. The molecule has 0 amide bonds. The zero-order valence-corrected chi connectivity index (χ0v) is 11.7. The van der Waals surface area contributed by atoms with Gasteiger partial charge in [0.2, 0.25) is 0 Å². The number of halogens is 2. The van der Waals surface area contributed by atoms with Crippen molar-refractivity contribution < 1.29 is 4.39 Å². The van der Waals surface area contributed by atoms with Crippen LogP contribution in [0.4, 0.5) is 4.39 Å². The first-order valence-corrected chi connectivity index (χ1v) is 6.68. The molecule has 0 radical (unpaired) electrons.